The minimum absolute atomic E-state index is 0.236. The van der Waals surface area contributed by atoms with Crippen LogP contribution in [-0.4, -0.2) is 31.4 Å². The standard InChI is InChI=1S/C19H27NO4/c1-3-20(4-2)15-9-10-16-17(14-19(22)24-18(16)13-15)23-12-8-6-5-7-11-21/h9-10,13-14,21H,3-8,11-12H2,1-2H3. The predicted molar refractivity (Wildman–Crippen MR) is 97.1 cm³/mol. The Morgan fingerprint density at radius 3 is 2.54 bits per heavy atom. The zero-order valence-corrected chi connectivity index (χ0v) is 14.6. The third-order valence-corrected chi connectivity index (χ3v) is 4.13. The maximum Gasteiger partial charge on any atom is 0.339 e. The normalized spacial score (nSPS) is 11.0. The molecule has 0 amide bonds. The highest BCUT2D eigenvalue weighted by Crippen LogP contribution is 2.28. The third kappa shape index (κ3) is 4.74. The van der Waals surface area contributed by atoms with Gasteiger partial charge in [0.15, 0.2) is 0 Å². The van der Waals surface area contributed by atoms with Crippen LogP contribution in [0.25, 0.3) is 11.0 Å². The number of benzene rings is 1. The van der Waals surface area contributed by atoms with E-state index in [1.807, 2.05) is 18.2 Å². The fraction of sp³-hybridized carbons (Fsp3) is 0.526. The van der Waals surface area contributed by atoms with Crippen molar-refractivity contribution in [3.63, 3.8) is 0 Å². The van der Waals surface area contributed by atoms with Crippen LogP contribution in [0.4, 0.5) is 5.69 Å². The predicted octanol–water partition coefficient (Wildman–Crippen LogP) is 3.57. The van der Waals surface area contributed by atoms with Crippen molar-refractivity contribution in [2.24, 2.45) is 0 Å². The first-order valence-electron chi connectivity index (χ1n) is 8.76. The number of aliphatic hydroxyl groups is 1. The highest BCUT2D eigenvalue weighted by Gasteiger charge is 2.10. The maximum atomic E-state index is 11.8. The molecule has 2 rings (SSSR count). The number of fused-ring (bicyclic) bond motifs is 1. The number of ether oxygens (including phenoxy) is 1. The van der Waals surface area contributed by atoms with Crippen LogP contribution in [0.15, 0.2) is 33.5 Å². The van der Waals surface area contributed by atoms with Gasteiger partial charge in [-0.3, -0.25) is 0 Å². The molecule has 0 unspecified atom stereocenters. The van der Waals surface area contributed by atoms with E-state index in [-0.39, 0.29) is 6.61 Å². The van der Waals surface area contributed by atoms with Crippen molar-refractivity contribution in [3.05, 3.63) is 34.7 Å². The molecule has 0 aliphatic carbocycles. The minimum atomic E-state index is -0.394. The second-order valence-corrected chi connectivity index (χ2v) is 5.77. The van der Waals surface area contributed by atoms with E-state index in [4.69, 9.17) is 14.3 Å². The first-order chi connectivity index (χ1) is 11.7. The van der Waals surface area contributed by atoms with E-state index < -0.39 is 5.63 Å². The molecular formula is C19H27NO4. The van der Waals surface area contributed by atoms with Gasteiger partial charge in [0.1, 0.15) is 11.3 Å². The summed E-state index contributed by atoms with van der Waals surface area (Å²) in [6.07, 6.45) is 3.72. The van der Waals surface area contributed by atoms with Crippen molar-refractivity contribution in [2.75, 3.05) is 31.2 Å². The van der Waals surface area contributed by atoms with Crippen molar-refractivity contribution in [1.82, 2.24) is 0 Å². The molecule has 0 atom stereocenters. The van der Waals surface area contributed by atoms with Crippen LogP contribution in [0.1, 0.15) is 39.5 Å². The topological polar surface area (TPSA) is 62.9 Å². The van der Waals surface area contributed by atoms with Crippen LogP contribution in [0.3, 0.4) is 0 Å². The second-order valence-electron chi connectivity index (χ2n) is 5.77. The number of hydrogen-bond acceptors (Lipinski definition) is 5. The van der Waals surface area contributed by atoms with Crippen molar-refractivity contribution < 1.29 is 14.3 Å². The molecular weight excluding hydrogens is 306 g/mol. The van der Waals surface area contributed by atoms with Gasteiger partial charge in [-0.15, -0.1) is 0 Å². The molecule has 0 aliphatic heterocycles. The number of unbranched alkanes of at least 4 members (excludes halogenated alkanes) is 3. The lowest BCUT2D eigenvalue weighted by Gasteiger charge is -2.21. The smallest absolute Gasteiger partial charge is 0.339 e. The lowest BCUT2D eigenvalue weighted by atomic mass is 10.2. The highest BCUT2D eigenvalue weighted by molar-refractivity contribution is 5.86. The largest absolute Gasteiger partial charge is 0.493 e. The van der Waals surface area contributed by atoms with Gasteiger partial charge in [-0.25, -0.2) is 4.79 Å². The average molecular weight is 333 g/mol. The van der Waals surface area contributed by atoms with Crippen LogP contribution >= 0.6 is 0 Å². The number of aliphatic hydroxyl groups excluding tert-OH is 1. The van der Waals surface area contributed by atoms with E-state index in [1.165, 1.54) is 6.07 Å². The molecule has 1 aromatic carbocycles. The fourth-order valence-corrected chi connectivity index (χ4v) is 2.78. The zero-order chi connectivity index (χ0) is 17.4. The third-order valence-electron chi connectivity index (χ3n) is 4.13. The molecule has 0 bridgehead atoms. The van der Waals surface area contributed by atoms with E-state index in [0.717, 1.165) is 49.8 Å². The van der Waals surface area contributed by atoms with Gasteiger partial charge in [-0.2, -0.15) is 0 Å². The summed E-state index contributed by atoms with van der Waals surface area (Å²) < 4.78 is 11.1. The summed E-state index contributed by atoms with van der Waals surface area (Å²) in [4.78, 5) is 14.0. The first-order valence-corrected chi connectivity index (χ1v) is 8.76. The second kappa shape index (κ2) is 9.33. The van der Waals surface area contributed by atoms with Crippen molar-refractivity contribution in [2.45, 2.75) is 39.5 Å². The number of anilines is 1. The summed E-state index contributed by atoms with van der Waals surface area (Å²) in [7, 11) is 0. The summed E-state index contributed by atoms with van der Waals surface area (Å²) in [6.45, 7) is 6.79. The summed E-state index contributed by atoms with van der Waals surface area (Å²) in [5.41, 5.74) is 1.20. The van der Waals surface area contributed by atoms with E-state index in [1.54, 1.807) is 0 Å². The quantitative estimate of drug-likeness (QED) is 0.532. The van der Waals surface area contributed by atoms with Crippen LogP contribution in [-0.2, 0) is 0 Å². The lowest BCUT2D eigenvalue weighted by Crippen LogP contribution is -2.21. The van der Waals surface area contributed by atoms with Gasteiger partial charge in [0.25, 0.3) is 0 Å². The molecule has 1 aromatic heterocycles. The van der Waals surface area contributed by atoms with Crippen LogP contribution < -0.4 is 15.3 Å². The molecule has 24 heavy (non-hydrogen) atoms. The van der Waals surface area contributed by atoms with Crippen molar-refractivity contribution in [3.8, 4) is 5.75 Å². The Kier molecular flexibility index (Phi) is 7.12. The van der Waals surface area contributed by atoms with Crippen LogP contribution in [0, 0.1) is 0 Å². The molecule has 0 spiro atoms. The van der Waals surface area contributed by atoms with Crippen molar-refractivity contribution >= 4 is 16.7 Å². The Labute approximate surface area is 142 Å². The summed E-state index contributed by atoms with van der Waals surface area (Å²) in [5, 5.41) is 9.59. The average Bonchev–Trinajstić information content (AvgIpc) is 2.58. The molecule has 1 heterocycles. The van der Waals surface area contributed by atoms with E-state index in [0.29, 0.717) is 17.9 Å². The molecule has 5 nitrogen and oxygen atoms in total. The maximum absolute atomic E-state index is 11.8. The van der Waals surface area contributed by atoms with Gasteiger partial charge in [0.2, 0.25) is 0 Å². The molecule has 0 saturated heterocycles. The minimum Gasteiger partial charge on any atom is -0.493 e. The van der Waals surface area contributed by atoms with Gasteiger partial charge in [-0.1, -0.05) is 6.42 Å². The van der Waals surface area contributed by atoms with E-state index >= 15 is 0 Å². The van der Waals surface area contributed by atoms with Gasteiger partial charge in [0.05, 0.1) is 18.1 Å². The monoisotopic (exact) mass is 333 g/mol. The van der Waals surface area contributed by atoms with E-state index in [9.17, 15) is 4.79 Å². The highest BCUT2D eigenvalue weighted by atomic mass is 16.5. The van der Waals surface area contributed by atoms with Gasteiger partial charge in [-0.05, 0) is 45.2 Å². The van der Waals surface area contributed by atoms with Crippen LogP contribution in [0.5, 0.6) is 5.75 Å². The Bertz CT molecular complexity index is 691. The molecule has 0 aliphatic rings. The Balaban J connectivity index is 2.14. The number of rotatable bonds is 10. The first kappa shape index (κ1) is 18.3. The Hall–Kier alpha value is -2.01. The van der Waals surface area contributed by atoms with E-state index in [2.05, 4.69) is 18.7 Å². The molecule has 132 valence electrons. The molecule has 0 saturated carbocycles. The summed E-state index contributed by atoms with van der Waals surface area (Å²) in [6, 6.07) is 7.29. The zero-order valence-electron chi connectivity index (χ0n) is 14.6. The molecule has 1 N–H and O–H groups in total. The molecule has 2 aromatic rings. The van der Waals surface area contributed by atoms with Gasteiger partial charge >= 0.3 is 5.63 Å². The SMILES string of the molecule is CCN(CC)c1ccc2c(OCCCCCCO)cc(=O)oc2c1. The number of hydrogen-bond donors (Lipinski definition) is 1. The summed E-state index contributed by atoms with van der Waals surface area (Å²) >= 11 is 0. The molecule has 5 heteroatoms. The fourth-order valence-electron chi connectivity index (χ4n) is 2.78. The number of nitrogens with zero attached hydrogens (tertiary/aromatic N) is 1. The van der Waals surface area contributed by atoms with Crippen molar-refractivity contribution in [1.29, 1.82) is 0 Å². The molecule has 0 radical (unpaired) electrons. The lowest BCUT2D eigenvalue weighted by molar-refractivity contribution is 0.273. The Morgan fingerprint density at radius 2 is 1.83 bits per heavy atom. The van der Waals surface area contributed by atoms with Crippen LogP contribution in [0.2, 0.25) is 0 Å². The summed E-state index contributed by atoms with van der Waals surface area (Å²) in [5.74, 6) is 0.578. The van der Waals surface area contributed by atoms with Gasteiger partial charge < -0.3 is 19.2 Å². The molecule has 0 fully saturated rings. The Morgan fingerprint density at radius 1 is 1.08 bits per heavy atom. The van der Waals surface area contributed by atoms with Gasteiger partial charge in [0, 0.05) is 31.5 Å².